The van der Waals surface area contributed by atoms with E-state index in [9.17, 15) is 43.2 Å². The van der Waals surface area contributed by atoms with Crippen molar-refractivity contribution in [1.82, 2.24) is 0 Å². The fourth-order valence-corrected chi connectivity index (χ4v) is 13.3. The predicted molar refractivity (Wildman–Crippen MR) is 386 cm³/mol. The molecule has 19 heteroatoms. The lowest BCUT2D eigenvalue weighted by Crippen LogP contribution is -2.30. The van der Waals surface area contributed by atoms with Gasteiger partial charge < -0.3 is 33.8 Å². The zero-order chi connectivity index (χ0) is 69.8. The fraction of sp³-hybridized carbons (Fsp3) is 0.947. The van der Waals surface area contributed by atoms with Gasteiger partial charge in [-0.3, -0.25) is 37.3 Å². The van der Waals surface area contributed by atoms with Gasteiger partial charge in [-0.05, 0) is 31.6 Å². The molecule has 0 heterocycles. The van der Waals surface area contributed by atoms with Gasteiger partial charge >= 0.3 is 39.5 Å². The van der Waals surface area contributed by atoms with Gasteiger partial charge in [0.05, 0.1) is 26.4 Å². The quantitative estimate of drug-likeness (QED) is 0.0222. The molecule has 0 aromatic carbocycles. The number of carbonyl (C=O) groups is 4. The molecule has 0 radical (unpaired) electrons. The number of rotatable bonds is 76. The van der Waals surface area contributed by atoms with Crippen molar-refractivity contribution in [3.8, 4) is 0 Å². The summed E-state index contributed by atoms with van der Waals surface area (Å²) < 4.78 is 68.5. The van der Waals surface area contributed by atoms with E-state index < -0.39 is 97.5 Å². The Kier molecular flexibility index (Phi) is 67.7. The van der Waals surface area contributed by atoms with E-state index in [0.717, 1.165) is 95.8 Å². The Balaban J connectivity index is 5.21. The molecule has 0 saturated heterocycles. The monoisotopic (exact) mass is 1400 g/mol. The van der Waals surface area contributed by atoms with Gasteiger partial charge in [0.2, 0.25) is 0 Å². The van der Waals surface area contributed by atoms with E-state index in [2.05, 4.69) is 34.6 Å². The maximum absolute atomic E-state index is 13.1. The molecule has 0 aromatic rings. The Morgan fingerprint density at radius 1 is 0.284 bits per heavy atom. The van der Waals surface area contributed by atoms with Gasteiger partial charge in [0, 0.05) is 25.7 Å². The van der Waals surface area contributed by atoms with Crippen molar-refractivity contribution in [2.24, 2.45) is 5.92 Å². The number of esters is 4. The summed E-state index contributed by atoms with van der Waals surface area (Å²) in [6.45, 7) is 7.31. The SMILES string of the molecule is CCCCCCCCCCCCCCCCCCC(=O)OC[C@H](COP(=O)(O)OC[C@@H](O)COP(=O)(O)OC[C@@H](COC(=O)CCCCCCCCCCCC)OC(=O)CCCCCCCCCCCC)OC(=O)CCCCCCCCCCCCCCCCCCC(C)C. The second kappa shape index (κ2) is 69.2. The lowest BCUT2D eigenvalue weighted by molar-refractivity contribution is -0.161. The maximum atomic E-state index is 13.1. The van der Waals surface area contributed by atoms with E-state index in [4.69, 9.17) is 37.0 Å². The molecule has 0 spiro atoms. The van der Waals surface area contributed by atoms with E-state index in [1.807, 2.05) is 0 Å². The first-order valence-corrected chi connectivity index (χ1v) is 42.6. The maximum Gasteiger partial charge on any atom is 0.472 e. The van der Waals surface area contributed by atoms with Crippen molar-refractivity contribution in [1.29, 1.82) is 0 Å². The summed E-state index contributed by atoms with van der Waals surface area (Å²) in [5, 5.41) is 10.6. The van der Waals surface area contributed by atoms with Gasteiger partial charge in [0.1, 0.15) is 19.3 Å². The van der Waals surface area contributed by atoms with Crippen LogP contribution in [0.15, 0.2) is 0 Å². The van der Waals surface area contributed by atoms with Crippen molar-refractivity contribution in [3.63, 3.8) is 0 Å². The third-order valence-corrected chi connectivity index (χ3v) is 19.7. The molecule has 0 bridgehead atoms. The zero-order valence-electron chi connectivity index (χ0n) is 61.8. The molecule has 0 aliphatic carbocycles. The number of phosphoric ester groups is 2. The van der Waals surface area contributed by atoms with Crippen LogP contribution >= 0.6 is 15.6 Å². The first kappa shape index (κ1) is 93.1. The highest BCUT2D eigenvalue weighted by Gasteiger charge is 2.30. The topological polar surface area (TPSA) is 237 Å². The van der Waals surface area contributed by atoms with Crippen LogP contribution < -0.4 is 0 Å². The van der Waals surface area contributed by atoms with Crippen molar-refractivity contribution in [2.75, 3.05) is 39.6 Å². The summed E-state index contributed by atoms with van der Waals surface area (Å²) in [6, 6.07) is 0. The summed E-state index contributed by atoms with van der Waals surface area (Å²) in [7, 11) is -9.91. The summed E-state index contributed by atoms with van der Waals surface area (Å²) in [4.78, 5) is 72.7. The van der Waals surface area contributed by atoms with Crippen LogP contribution in [-0.4, -0.2) is 96.7 Å². The molecule has 0 aliphatic rings. The Bertz CT molecular complexity index is 1820. The summed E-state index contributed by atoms with van der Waals surface area (Å²) in [6.07, 6.45) is 58.2. The molecular formula is C76H148O17P2. The predicted octanol–water partition coefficient (Wildman–Crippen LogP) is 22.5. The van der Waals surface area contributed by atoms with Gasteiger partial charge in [-0.1, -0.05) is 349 Å². The fourth-order valence-electron chi connectivity index (χ4n) is 11.7. The number of hydrogen-bond donors (Lipinski definition) is 3. The minimum Gasteiger partial charge on any atom is -0.462 e. The van der Waals surface area contributed by atoms with E-state index in [1.165, 1.54) is 225 Å². The highest BCUT2D eigenvalue weighted by molar-refractivity contribution is 7.47. The number of phosphoric acid groups is 2. The lowest BCUT2D eigenvalue weighted by atomic mass is 10.0. The van der Waals surface area contributed by atoms with Crippen LogP contribution in [-0.2, 0) is 65.4 Å². The minimum atomic E-state index is -4.96. The van der Waals surface area contributed by atoms with Crippen LogP contribution in [0.2, 0.25) is 0 Å². The molecule has 0 saturated carbocycles. The average Bonchev–Trinajstić information content (AvgIpc) is 1.47. The largest absolute Gasteiger partial charge is 0.472 e. The third-order valence-electron chi connectivity index (χ3n) is 17.8. The first-order valence-electron chi connectivity index (χ1n) is 39.6. The molecule has 0 amide bonds. The summed E-state index contributed by atoms with van der Waals surface area (Å²) in [5.74, 6) is -1.30. The number of aliphatic hydroxyl groups excluding tert-OH is 1. The molecule has 0 fully saturated rings. The number of carbonyl (C=O) groups excluding carboxylic acids is 4. The van der Waals surface area contributed by atoms with Crippen LogP contribution in [0, 0.1) is 5.92 Å². The van der Waals surface area contributed by atoms with Crippen LogP contribution in [0.4, 0.5) is 0 Å². The van der Waals surface area contributed by atoms with E-state index in [-0.39, 0.29) is 25.7 Å². The molecule has 3 N–H and O–H groups in total. The molecule has 0 rings (SSSR count). The normalized spacial score (nSPS) is 13.9. The lowest BCUT2D eigenvalue weighted by Gasteiger charge is -2.21. The molecule has 0 aliphatic heterocycles. The number of aliphatic hydroxyl groups is 1. The second-order valence-electron chi connectivity index (χ2n) is 27.9. The second-order valence-corrected chi connectivity index (χ2v) is 30.8. The van der Waals surface area contributed by atoms with Crippen molar-refractivity contribution in [2.45, 2.75) is 419 Å². The molecule has 95 heavy (non-hydrogen) atoms. The molecule has 0 aromatic heterocycles. The van der Waals surface area contributed by atoms with Crippen LogP contribution in [0.3, 0.4) is 0 Å². The average molecular weight is 1400 g/mol. The molecular weight excluding hydrogens is 1250 g/mol. The highest BCUT2D eigenvalue weighted by atomic mass is 31.2. The zero-order valence-corrected chi connectivity index (χ0v) is 63.6. The highest BCUT2D eigenvalue weighted by Crippen LogP contribution is 2.45. The Morgan fingerprint density at radius 3 is 0.716 bits per heavy atom. The Hall–Kier alpha value is -1.94. The number of ether oxygens (including phenoxy) is 4. The van der Waals surface area contributed by atoms with Crippen LogP contribution in [0.5, 0.6) is 0 Å². The van der Waals surface area contributed by atoms with Crippen molar-refractivity contribution in [3.05, 3.63) is 0 Å². The summed E-state index contributed by atoms with van der Waals surface area (Å²) in [5.41, 5.74) is 0. The molecule has 17 nitrogen and oxygen atoms in total. The number of unbranched alkanes of at least 4 members (excludes halogenated alkanes) is 48. The van der Waals surface area contributed by atoms with Crippen molar-refractivity contribution < 1.29 is 80.2 Å². The van der Waals surface area contributed by atoms with Gasteiger partial charge in [-0.15, -0.1) is 0 Å². The number of hydrogen-bond acceptors (Lipinski definition) is 15. The van der Waals surface area contributed by atoms with Crippen LogP contribution in [0.1, 0.15) is 401 Å². The minimum absolute atomic E-state index is 0.107. The standard InChI is InChI=1S/C76H148O17P2/c1-6-9-12-15-18-21-24-25-26-30-33-36-41-45-50-55-60-74(79)87-66-72(93-76(81)62-57-52-47-42-37-34-31-28-27-29-32-35-38-43-48-53-58-69(4)5)68-91-95(84,85)89-64-70(77)63-88-94(82,83)90-67-71(92-75(80)61-56-51-46-40-23-20-17-14-11-8-3)65-86-73(78)59-54-49-44-39-22-19-16-13-10-7-2/h69-72,77H,6-68H2,1-5H3,(H,82,83)(H,84,85)/t70-,71+,72+/m0/s1. The molecule has 564 valence electrons. The Labute approximate surface area is 581 Å². The Morgan fingerprint density at radius 2 is 0.484 bits per heavy atom. The van der Waals surface area contributed by atoms with Gasteiger partial charge in [0.25, 0.3) is 0 Å². The van der Waals surface area contributed by atoms with E-state index >= 15 is 0 Å². The smallest absolute Gasteiger partial charge is 0.462 e. The van der Waals surface area contributed by atoms with E-state index in [1.54, 1.807) is 0 Å². The molecule has 2 unspecified atom stereocenters. The van der Waals surface area contributed by atoms with Gasteiger partial charge in [0.15, 0.2) is 12.2 Å². The summed E-state index contributed by atoms with van der Waals surface area (Å²) >= 11 is 0. The van der Waals surface area contributed by atoms with Gasteiger partial charge in [-0.25, -0.2) is 9.13 Å². The van der Waals surface area contributed by atoms with Crippen molar-refractivity contribution >= 4 is 39.5 Å². The third kappa shape index (κ3) is 70.3. The molecule has 5 atom stereocenters. The van der Waals surface area contributed by atoms with E-state index in [0.29, 0.717) is 25.7 Å². The van der Waals surface area contributed by atoms with Gasteiger partial charge in [-0.2, -0.15) is 0 Å². The first-order chi connectivity index (χ1) is 46.0. The van der Waals surface area contributed by atoms with Crippen LogP contribution in [0.25, 0.3) is 0 Å².